The monoisotopic (exact) mass is 372 g/mol. The fourth-order valence-electron chi connectivity index (χ4n) is 2.68. The van der Waals surface area contributed by atoms with Crippen molar-refractivity contribution in [3.8, 4) is 0 Å². The summed E-state index contributed by atoms with van der Waals surface area (Å²) in [6, 6.07) is 9.05. The molecule has 0 fully saturated rings. The lowest BCUT2D eigenvalue weighted by Gasteiger charge is -2.08. The topological polar surface area (TPSA) is 80.0 Å². The molecule has 2 heterocycles. The van der Waals surface area contributed by atoms with E-state index in [1.165, 1.54) is 0 Å². The minimum Gasteiger partial charge on any atom is -0.390 e. The van der Waals surface area contributed by atoms with E-state index in [1.807, 2.05) is 29.7 Å². The van der Waals surface area contributed by atoms with Crippen LogP contribution >= 0.6 is 0 Å². The Balaban J connectivity index is 1.71. The highest BCUT2D eigenvalue weighted by Crippen LogP contribution is 2.23. The molecule has 0 aliphatic rings. The van der Waals surface area contributed by atoms with E-state index in [1.54, 1.807) is 12.5 Å². The summed E-state index contributed by atoms with van der Waals surface area (Å²) in [5.74, 6) is -0.299. The average molecular weight is 372 g/mol. The maximum atomic E-state index is 13.0. The summed E-state index contributed by atoms with van der Waals surface area (Å²) < 4.78 is 27.9. The van der Waals surface area contributed by atoms with Crippen molar-refractivity contribution in [1.29, 1.82) is 0 Å². The summed E-state index contributed by atoms with van der Waals surface area (Å²) in [4.78, 5) is 20.1. The summed E-state index contributed by atoms with van der Waals surface area (Å²) in [7, 11) is 0. The largest absolute Gasteiger partial charge is 0.390 e. The first kappa shape index (κ1) is 18.7. The van der Waals surface area contributed by atoms with Gasteiger partial charge in [0.05, 0.1) is 24.2 Å². The molecule has 0 bridgehead atoms. The number of anilines is 1. The number of nitrogens with one attached hydrogen (secondary N) is 1. The smallest absolute Gasteiger partial charge is 0.265 e. The summed E-state index contributed by atoms with van der Waals surface area (Å²) in [5, 5.41) is 11.6. The van der Waals surface area contributed by atoms with Crippen molar-refractivity contribution in [3.05, 3.63) is 77.0 Å². The van der Waals surface area contributed by atoms with Crippen LogP contribution in [0.4, 0.5) is 14.6 Å². The number of nitrogens with zero attached hydrogens (tertiary/aromatic N) is 3. The summed E-state index contributed by atoms with van der Waals surface area (Å²) >= 11 is 0. The van der Waals surface area contributed by atoms with Gasteiger partial charge in [-0.25, -0.2) is 13.8 Å². The van der Waals surface area contributed by atoms with E-state index in [0.29, 0.717) is 12.4 Å². The lowest BCUT2D eigenvalue weighted by atomic mass is 10.1. The van der Waals surface area contributed by atoms with Crippen molar-refractivity contribution in [1.82, 2.24) is 14.5 Å². The Morgan fingerprint density at radius 1 is 1.30 bits per heavy atom. The molecule has 2 aromatic heterocycles. The van der Waals surface area contributed by atoms with E-state index in [0.717, 1.165) is 23.4 Å². The summed E-state index contributed by atoms with van der Waals surface area (Å²) in [6.07, 6.45) is 1.55. The molecule has 0 aliphatic heterocycles. The number of pyridine rings is 1. The third-order valence-electron chi connectivity index (χ3n) is 3.97. The first-order valence-electron chi connectivity index (χ1n) is 8.22. The van der Waals surface area contributed by atoms with Gasteiger partial charge in [0.25, 0.3) is 12.3 Å². The van der Waals surface area contributed by atoms with Crippen molar-refractivity contribution < 1.29 is 18.7 Å². The lowest BCUT2D eigenvalue weighted by Crippen LogP contribution is -2.14. The number of hydrogen-bond donors (Lipinski definition) is 2. The Hall–Kier alpha value is -3.13. The van der Waals surface area contributed by atoms with Gasteiger partial charge in [-0.15, -0.1) is 0 Å². The van der Waals surface area contributed by atoms with Gasteiger partial charge in [-0.05, 0) is 18.6 Å². The number of imidazole rings is 1. The normalized spacial score (nSPS) is 11.0. The fraction of sp³-hybridized carbons (Fsp3) is 0.211. The number of carbonyl (C=O) groups excluding carboxylic acids is 1. The van der Waals surface area contributed by atoms with E-state index in [9.17, 15) is 13.6 Å². The van der Waals surface area contributed by atoms with Crippen LogP contribution in [0.5, 0.6) is 0 Å². The van der Waals surface area contributed by atoms with Crippen LogP contribution in [0.2, 0.25) is 0 Å². The standard InChI is InChI=1S/C19H18F2N4O2/c1-12-3-2-4-13(5-12)8-25-9-17(23-11-25)24-19(27)14-6-15(18(20)21)16(10-26)22-7-14/h2-7,9,11,18,26H,8,10H2,1H3,(H,24,27). The number of rotatable bonds is 6. The van der Waals surface area contributed by atoms with Crippen molar-refractivity contribution in [3.63, 3.8) is 0 Å². The predicted octanol–water partition coefficient (Wildman–Crippen LogP) is 3.32. The molecule has 1 aromatic carbocycles. The van der Waals surface area contributed by atoms with Gasteiger partial charge in [-0.3, -0.25) is 9.78 Å². The Bertz CT molecular complexity index is 956. The lowest BCUT2D eigenvalue weighted by molar-refractivity contribution is 0.102. The van der Waals surface area contributed by atoms with Crippen molar-refractivity contribution in [2.24, 2.45) is 0 Å². The molecular weight excluding hydrogens is 354 g/mol. The highest BCUT2D eigenvalue weighted by atomic mass is 19.3. The molecule has 27 heavy (non-hydrogen) atoms. The number of carbonyl (C=O) groups is 1. The number of benzene rings is 1. The van der Waals surface area contributed by atoms with Gasteiger partial charge >= 0.3 is 0 Å². The van der Waals surface area contributed by atoms with Gasteiger partial charge < -0.3 is 15.0 Å². The van der Waals surface area contributed by atoms with Crippen molar-refractivity contribution in [2.45, 2.75) is 26.5 Å². The van der Waals surface area contributed by atoms with E-state index < -0.39 is 24.5 Å². The van der Waals surface area contributed by atoms with Crippen LogP contribution in [0, 0.1) is 6.92 Å². The Labute approximate surface area is 154 Å². The molecule has 3 rings (SSSR count). The highest BCUT2D eigenvalue weighted by molar-refractivity contribution is 6.03. The molecule has 0 radical (unpaired) electrons. The quantitative estimate of drug-likeness (QED) is 0.696. The molecule has 0 saturated heterocycles. The molecule has 6 nitrogen and oxygen atoms in total. The third-order valence-corrected chi connectivity index (χ3v) is 3.97. The highest BCUT2D eigenvalue weighted by Gasteiger charge is 2.17. The molecule has 0 aliphatic carbocycles. The number of aliphatic hydroxyl groups excluding tert-OH is 1. The molecule has 3 aromatic rings. The molecule has 0 atom stereocenters. The SMILES string of the molecule is Cc1cccc(Cn2cnc(NC(=O)c3cnc(CO)c(C(F)F)c3)c2)c1. The number of amides is 1. The van der Waals surface area contributed by atoms with Crippen molar-refractivity contribution in [2.75, 3.05) is 5.32 Å². The number of aryl methyl sites for hydroxylation is 1. The first-order valence-corrected chi connectivity index (χ1v) is 8.22. The van der Waals surface area contributed by atoms with Crippen LogP contribution in [0.25, 0.3) is 0 Å². The molecule has 140 valence electrons. The van der Waals surface area contributed by atoms with Crippen LogP contribution in [-0.2, 0) is 13.2 Å². The average Bonchev–Trinajstić information content (AvgIpc) is 3.07. The summed E-state index contributed by atoms with van der Waals surface area (Å²) in [6.45, 7) is 1.98. The van der Waals surface area contributed by atoms with Gasteiger partial charge in [0, 0.05) is 24.5 Å². The fourth-order valence-corrected chi connectivity index (χ4v) is 2.68. The maximum absolute atomic E-state index is 13.0. The predicted molar refractivity (Wildman–Crippen MR) is 95.6 cm³/mol. The van der Waals surface area contributed by atoms with Crippen LogP contribution < -0.4 is 5.32 Å². The Kier molecular flexibility index (Phi) is 5.56. The molecule has 0 saturated carbocycles. The number of hydrogen-bond acceptors (Lipinski definition) is 4. The van der Waals surface area contributed by atoms with Crippen LogP contribution in [-0.4, -0.2) is 25.5 Å². The zero-order valence-corrected chi connectivity index (χ0v) is 14.6. The molecule has 0 unspecified atom stereocenters. The molecular formula is C19H18F2N4O2. The number of alkyl halides is 2. The van der Waals surface area contributed by atoms with E-state index in [-0.39, 0.29) is 11.3 Å². The van der Waals surface area contributed by atoms with Gasteiger partial charge in [-0.2, -0.15) is 0 Å². The van der Waals surface area contributed by atoms with Crippen molar-refractivity contribution >= 4 is 11.7 Å². The van der Waals surface area contributed by atoms with Gasteiger partial charge in [0.2, 0.25) is 0 Å². The van der Waals surface area contributed by atoms with E-state index in [2.05, 4.69) is 21.4 Å². The summed E-state index contributed by atoms with van der Waals surface area (Å²) in [5.41, 5.74) is 1.60. The zero-order chi connectivity index (χ0) is 19.4. The number of halogens is 2. The Morgan fingerprint density at radius 2 is 2.11 bits per heavy atom. The second-order valence-corrected chi connectivity index (χ2v) is 6.09. The van der Waals surface area contributed by atoms with E-state index in [4.69, 9.17) is 5.11 Å². The second kappa shape index (κ2) is 8.05. The maximum Gasteiger partial charge on any atom is 0.265 e. The molecule has 8 heteroatoms. The van der Waals surface area contributed by atoms with Crippen LogP contribution in [0.3, 0.4) is 0 Å². The zero-order valence-electron chi connectivity index (χ0n) is 14.6. The van der Waals surface area contributed by atoms with Gasteiger partial charge in [-0.1, -0.05) is 29.8 Å². The Morgan fingerprint density at radius 3 is 2.81 bits per heavy atom. The van der Waals surface area contributed by atoms with E-state index >= 15 is 0 Å². The third kappa shape index (κ3) is 4.53. The van der Waals surface area contributed by atoms with Crippen LogP contribution in [0.15, 0.2) is 49.1 Å². The van der Waals surface area contributed by atoms with Gasteiger partial charge in [0.15, 0.2) is 5.82 Å². The van der Waals surface area contributed by atoms with Gasteiger partial charge in [0.1, 0.15) is 0 Å². The number of aromatic nitrogens is 3. The molecule has 0 spiro atoms. The minimum atomic E-state index is -2.83. The molecule has 1 amide bonds. The first-order chi connectivity index (χ1) is 13.0. The number of aliphatic hydroxyl groups is 1. The molecule has 2 N–H and O–H groups in total. The van der Waals surface area contributed by atoms with Crippen LogP contribution in [0.1, 0.15) is 39.2 Å². The second-order valence-electron chi connectivity index (χ2n) is 6.09. The minimum absolute atomic E-state index is 0.0317.